The third kappa shape index (κ3) is 4.19. The zero-order chi connectivity index (χ0) is 16.8. The lowest BCUT2D eigenvalue weighted by molar-refractivity contribution is 0.122. The Hall–Kier alpha value is -2.23. The molecule has 0 radical (unpaired) electrons. The Balaban J connectivity index is 1.76. The summed E-state index contributed by atoms with van der Waals surface area (Å²) in [5.41, 5.74) is 2.55. The fourth-order valence-corrected chi connectivity index (χ4v) is 2.49. The molecule has 0 saturated carbocycles. The van der Waals surface area contributed by atoms with Gasteiger partial charge in [-0.05, 0) is 5.56 Å². The van der Waals surface area contributed by atoms with Gasteiger partial charge in [-0.25, -0.2) is 10.5 Å². The Morgan fingerprint density at radius 1 is 1.29 bits per heavy atom. The van der Waals surface area contributed by atoms with Crippen molar-refractivity contribution >= 4 is 29.6 Å². The van der Waals surface area contributed by atoms with Gasteiger partial charge in [-0.1, -0.05) is 42.5 Å². The summed E-state index contributed by atoms with van der Waals surface area (Å²) in [6.45, 7) is 3.92. The topological polar surface area (TPSA) is 84.5 Å². The zero-order valence-electron chi connectivity index (χ0n) is 13.3. The molecule has 1 aromatic heterocycles. The average molecular weight is 347 g/mol. The van der Waals surface area contributed by atoms with E-state index in [9.17, 15) is 0 Å². The van der Waals surface area contributed by atoms with Crippen molar-refractivity contribution in [3.8, 4) is 0 Å². The van der Waals surface area contributed by atoms with E-state index in [2.05, 4.69) is 32.4 Å². The minimum Gasteiger partial charge on any atom is -0.378 e. The highest BCUT2D eigenvalue weighted by atomic mass is 32.1. The number of morpholine rings is 1. The molecule has 3 rings (SSSR count). The summed E-state index contributed by atoms with van der Waals surface area (Å²) in [5.74, 6) is 7.13. The van der Waals surface area contributed by atoms with Crippen LogP contribution in [0.3, 0.4) is 0 Å². The minimum atomic E-state index is 0.331. The SMILES string of the molecule is NN(C=S)Cn1nc(N2CCOCC2)nc1NCc1ccccc1. The molecule has 3 N–H and O–H groups in total. The van der Waals surface area contributed by atoms with E-state index >= 15 is 0 Å². The molecule has 1 aliphatic heterocycles. The van der Waals surface area contributed by atoms with Crippen molar-refractivity contribution in [3.63, 3.8) is 0 Å². The second-order valence-corrected chi connectivity index (χ2v) is 5.65. The highest BCUT2D eigenvalue weighted by Gasteiger charge is 2.18. The lowest BCUT2D eigenvalue weighted by Gasteiger charge is -2.25. The lowest BCUT2D eigenvalue weighted by atomic mass is 10.2. The number of hydrogen-bond donors (Lipinski definition) is 2. The van der Waals surface area contributed by atoms with Crippen LogP contribution in [-0.2, 0) is 18.0 Å². The molecule has 1 fully saturated rings. The largest absolute Gasteiger partial charge is 0.378 e. The molecule has 9 heteroatoms. The first kappa shape index (κ1) is 16.6. The molecule has 1 aliphatic rings. The zero-order valence-corrected chi connectivity index (χ0v) is 14.2. The van der Waals surface area contributed by atoms with Crippen LogP contribution >= 0.6 is 12.2 Å². The van der Waals surface area contributed by atoms with Crippen molar-refractivity contribution in [2.24, 2.45) is 5.84 Å². The predicted molar refractivity (Wildman–Crippen MR) is 96.5 cm³/mol. The van der Waals surface area contributed by atoms with E-state index in [0.717, 1.165) is 13.1 Å². The monoisotopic (exact) mass is 347 g/mol. The van der Waals surface area contributed by atoms with Crippen LogP contribution in [-0.4, -0.2) is 51.6 Å². The number of anilines is 2. The van der Waals surface area contributed by atoms with E-state index < -0.39 is 0 Å². The van der Waals surface area contributed by atoms with Crippen LogP contribution in [0.1, 0.15) is 5.56 Å². The summed E-state index contributed by atoms with van der Waals surface area (Å²) in [5, 5.41) is 9.27. The van der Waals surface area contributed by atoms with Crippen molar-refractivity contribution in [1.82, 2.24) is 19.8 Å². The number of benzene rings is 1. The number of thiocarbonyl (C=S) groups is 1. The fraction of sp³-hybridized carbons (Fsp3) is 0.400. The molecule has 128 valence electrons. The van der Waals surface area contributed by atoms with Crippen LogP contribution in [0.15, 0.2) is 30.3 Å². The standard InChI is InChI=1S/C15H21N7OS/c16-21(12-24)11-22-14(17-10-13-4-2-1-3-5-13)18-15(19-22)20-6-8-23-9-7-20/h1-5,12H,6-11,16H2,(H,17,18,19). The Morgan fingerprint density at radius 2 is 2.04 bits per heavy atom. The molecule has 2 aromatic rings. The first-order valence-electron chi connectivity index (χ1n) is 7.78. The smallest absolute Gasteiger partial charge is 0.246 e. The quantitative estimate of drug-likeness (QED) is 0.433. The van der Waals surface area contributed by atoms with Gasteiger partial charge in [0.1, 0.15) is 6.67 Å². The maximum atomic E-state index is 5.79. The van der Waals surface area contributed by atoms with E-state index in [0.29, 0.717) is 38.3 Å². The van der Waals surface area contributed by atoms with Crippen LogP contribution in [0.25, 0.3) is 0 Å². The molecule has 0 spiro atoms. The highest BCUT2D eigenvalue weighted by Crippen LogP contribution is 2.16. The normalized spacial score (nSPS) is 14.5. The van der Waals surface area contributed by atoms with Gasteiger partial charge in [-0.2, -0.15) is 4.98 Å². The van der Waals surface area contributed by atoms with Crippen molar-refractivity contribution in [3.05, 3.63) is 35.9 Å². The van der Waals surface area contributed by atoms with Crippen LogP contribution in [0.5, 0.6) is 0 Å². The van der Waals surface area contributed by atoms with Gasteiger partial charge >= 0.3 is 0 Å². The van der Waals surface area contributed by atoms with E-state index in [-0.39, 0.29) is 0 Å². The van der Waals surface area contributed by atoms with Crippen molar-refractivity contribution in [2.45, 2.75) is 13.2 Å². The Morgan fingerprint density at radius 3 is 2.75 bits per heavy atom. The summed E-state index contributed by atoms with van der Waals surface area (Å²) in [4.78, 5) is 6.72. The van der Waals surface area contributed by atoms with E-state index in [4.69, 9.17) is 22.8 Å². The van der Waals surface area contributed by atoms with E-state index in [1.807, 2.05) is 18.2 Å². The lowest BCUT2D eigenvalue weighted by Crippen LogP contribution is -2.37. The van der Waals surface area contributed by atoms with Crippen LogP contribution in [0, 0.1) is 0 Å². The van der Waals surface area contributed by atoms with Gasteiger partial charge in [-0.15, -0.1) is 5.10 Å². The molecular weight excluding hydrogens is 326 g/mol. The fourth-order valence-electron chi connectivity index (χ4n) is 2.42. The van der Waals surface area contributed by atoms with Gasteiger partial charge in [0.2, 0.25) is 11.9 Å². The number of nitrogens with two attached hydrogens (primary N) is 1. The van der Waals surface area contributed by atoms with Gasteiger partial charge in [0, 0.05) is 19.6 Å². The summed E-state index contributed by atoms with van der Waals surface area (Å²) in [7, 11) is 0. The third-order valence-corrected chi connectivity index (χ3v) is 3.95. The summed E-state index contributed by atoms with van der Waals surface area (Å²) in [6, 6.07) is 10.1. The van der Waals surface area contributed by atoms with E-state index in [1.165, 1.54) is 16.1 Å². The summed E-state index contributed by atoms with van der Waals surface area (Å²) >= 11 is 4.86. The van der Waals surface area contributed by atoms with Gasteiger partial charge < -0.3 is 15.0 Å². The van der Waals surface area contributed by atoms with Crippen LogP contribution in [0.2, 0.25) is 0 Å². The Labute approximate surface area is 146 Å². The molecule has 0 bridgehead atoms. The summed E-state index contributed by atoms with van der Waals surface area (Å²) < 4.78 is 7.10. The third-order valence-electron chi connectivity index (χ3n) is 3.68. The predicted octanol–water partition coefficient (Wildman–Crippen LogP) is 0.817. The number of nitrogens with zero attached hydrogens (tertiary/aromatic N) is 5. The Bertz CT molecular complexity index is 657. The first-order chi connectivity index (χ1) is 11.8. The second kappa shape index (κ2) is 8.04. The molecule has 1 saturated heterocycles. The number of rotatable bonds is 7. The number of hydrogen-bond acceptors (Lipinski definition) is 7. The average Bonchev–Trinajstić information content (AvgIpc) is 3.04. The molecular formula is C15H21N7OS. The number of aromatic nitrogens is 3. The first-order valence-corrected chi connectivity index (χ1v) is 8.25. The summed E-state index contributed by atoms with van der Waals surface area (Å²) in [6.07, 6.45) is 0. The number of nitrogens with one attached hydrogen (secondary N) is 1. The second-order valence-electron chi connectivity index (χ2n) is 5.43. The van der Waals surface area contributed by atoms with Gasteiger partial charge in [0.05, 0.1) is 18.7 Å². The van der Waals surface area contributed by atoms with E-state index in [1.54, 1.807) is 4.68 Å². The molecule has 24 heavy (non-hydrogen) atoms. The number of ether oxygens (including phenoxy) is 1. The molecule has 0 atom stereocenters. The molecule has 8 nitrogen and oxygen atoms in total. The van der Waals surface area contributed by atoms with Crippen LogP contribution in [0.4, 0.5) is 11.9 Å². The molecule has 0 amide bonds. The maximum Gasteiger partial charge on any atom is 0.246 e. The van der Waals surface area contributed by atoms with Crippen LogP contribution < -0.4 is 16.1 Å². The van der Waals surface area contributed by atoms with Gasteiger partial charge in [0.25, 0.3) is 0 Å². The number of hydrazine groups is 1. The Kier molecular flexibility index (Phi) is 5.57. The molecule has 2 heterocycles. The van der Waals surface area contributed by atoms with Gasteiger partial charge in [0.15, 0.2) is 0 Å². The van der Waals surface area contributed by atoms with Crippen molar-refractivity contribution in [2.75, 3.05) is 36.5 Å². The minimum absolute atomic E-state index is 0.331. The van der Waals surface area contributed by atoms with Crippen molar-refractivity contribution < 1.29 is 4.74 Å². The molecule has 0 aliphatic carbocycles. The molecule has 0 unspecified atom stereocenters. The molecule has 1 aromatic carbocycles. The maximum absolute atomic E-state index is 5.79. The van der Waals surface area contributed by atoms with Gasteiger partial charge in [-0.3, -0.25) is 5.01 Å². The highest BCUT2D eigenvalue weighted by molar-refractivity contribution is 7.78. The van der Waals surface area contributed by atoms with Crippen molar-refractivity contribution in [1.29, 1.82) is 0 Å².